The van der Waals surface area contributed by atoms with E-state index in [1.807, 2.05) is 19.6 Å². The van der Waals surface area contributed by atoms with Crippen molar-refractivity contribution >= 4 is 58.7 Å². The van der Waals surface area contributed by atoms with Crippen LogP contribution in [0.15, 0.2) is 22.6 Å². The molecule has 0 saturated heterocycles. The van der Waals surface area contributed by atoms with Gasteiger partial charge in [0.2, 0.25) is 25.3 Å². The second kappa shape index (κ2) is 9.30. The molecule has 0 radical (unpaired) electrons. The Bertz CT molecular complexity index is 843. The topological polar surface area (TPSA) is 91.9 Å². The molecule has 1 aromatic carbocycles. The standard InChI is InChI=1S/C16H20BrCl2NO5SSi/c1-27(2,3)25-16-13(21)14(9-4-5-11(18)12(19)8-9)24-15(16)10(17)6-7-20-26(22)23/h4-5,8,10,20-21H,6-7H2,1-3H3,(H,22,23). The van der Waals surface area contributed by atoms with Crippen molar-refractivity contribution in [3.63, 3.8) is 0 Å². The molecule has 0 aliphatic carbocycles. The van der Waals surface area contributed by atoms with E-state index in [4.69, 9.17) is 36.6 Å². The quantitative estimate of drug-likeness (QED) is 0.237. The summed E-state index contributed by atoms with van der Waals surface area (Å²) < 4.78 is 34.0. The van der Waals surface area contributed by atoms with Crippen molar-refractivity contribution in [3.05, 3.63) is 34.0 Å². The number of benzene rings is 1. The SMILES string of the molecule is C[Si](C)(C)Oc1c(C(Br)CCNS(=O)O)oc(-c2ccc(Cl)c(Cl)c2)c1O. The van der Waals surface area contributed by atoms with Gasteiger partial charge in [-0.05, 0) is 44.3 Å². The number of furan rings is 1. The number of alkyl halides is 1. The Hall–Kier alpha value is -0.553. The summed E-state index contributed by atoms with van der Waals surface area (Å²) in [6.07, 6.45) is 0.433. The summed E-state index contributed by atoms with van der Waals surface area (Å²) in [6.45, 7) is 6.22. The highest BCUT2D eigenvalue weighted by Gasteiger charge is 2.30. The molecular formula is C16H20BrCl2NO5SSi. The van der Waals surface area contributed by atoms with Crippen LogP contribution in [0, 0.1) is 0 Å². The lowest BCUT2D eigenvalue weighted by molar-refractivity contribution is 0.438. The van der Waals surface area contributed by atoms with E-state index in [1.165, 1.54) is 0 Å². The highest BCUT2D eigenvalue weighted by Crippen LogP contribution is 2.49. The Morgan fingerprint density at radius 1 is 1.33 bits per heavy atom. The molecule has 0 amide bonds. The summed E-state index contributed by atoms with van der Waals surface area (Å²) in [6, 6.07) is 4.91. The molecule has 27 heavy (non-hydrogen) atoms. The first-order valence-corrected chi connectivity index (χ1v) is 14.2. The summed E-state index contributed by atoms with van der Waals surface area (Å²) in [7, 11) is -2.06. The maximum atomic E-state index is 10.8. The Labute approximate surface area is 179 Å². The minimum Gasteiger partial charge on any atom is -0.539 e. The normalized spacial score (nSPS) is 14.2. The van der Waals surface area contributed by atoms with Crippen LogP contribution in [0.5, 0.6) is 11.5 Å². The molecule has 2 aromatic rings. The monoisotopic (exact) mass is 515 g/mol. The van der Waals surface area contributed by atoms with Crippen molar-refractivity contribution in [2.75, 3.05) is 6.54 Å². The van der Waals surface area contributed by atoms with Crippen molar-refractivity contribution in [1.82, 2.24) is 4.72 Å². The van der Waals surface area contributed by atoms with Crippen molar-refractivity contribution in [3.8, 4) is 22.8 Å². The number of hydrogen-bond acceptors (Lipinski definition) is 4. The lowest BCUT2D eigenvalue weighted by Gasteiger charge is -2.20. The van der Waals surface area contributed by atoms with Gasteiger partial charge in [0.25, 0.3) is 0 Å². The fourth-order valence-electron chi connectivity index (χ4n) is 2.27. The largest absolute Gasteiger partial charge is 0.539 e. The van der Waals surface area contributed by atoms with E-state index >= 15 is 0 Å². The van der Waals surface area contributed by atoms with Crippen LogP contribution in [0.25, 0.3) is 11.3 Å². The van der Waals surface area contributed by atoms with Crippen molar-refractivity contribution < 1.29 is 22.7 Å². The second-order valence-corrected chi connectivity index (χ2v) is 13.9. The van der Waals surface area contributed by atoms with E-state index in [1.54, 1.807) is 18.2 Å². The van der Waals surface area contributed by atoms with E-state index < -0.39 is 19.6 Å². The zero-order valence-electron chi connectivity index (χ0n) is 14.9. The third kappa shape index (κ3) is 6.21. The van der Waals surface area contributed by atoms with Gasteiger partial charge in [0.1, 0.15) is 0 Å². The molecule has 2 atom stereocenters. The number of rotatable bonds is 8. The van der Waals surface area contributed by atoms with Gasteiger partial charge < -0.3 is 13.9 Å². The highest BCUT2D eigenvalue weighted by molar-refractivity contribution is 9.09. The van der Waals surface area contributed by atoms with Gasteiger partial charge in [-0.15, -0.1) is 0 Å². The summed E-state index contributed by atoms with van der Waals surface area (Å²) >= 11 is 13.4. The Morgan fingerprint density at radius 2 is 2.00 bits per heavy atom. The third-order valence-electron chi connectivity index (χ3n) is 3.36. The van der Waals surface area contributed by atoms with Crippen LogP contribution < -0.4 is 9.15 Å². The van der Waals surface area contributed by atoms with E-state index in [-0.39, 0.29) is 28.6 Å². The predicted molar refractivity (Wildman–Crippen MR) is 115 cm³/mol. The van der Waals surface area contributed by atoms with Gasteiger partial charge in [0, 0.05) is 12.1 Å². The van der Waals surface area contributed by atoms with Gasteiger partial charge in [-0.3, -0.25) is 4.55 Å². The zero-order chi connectivity index (χ0) is 20.4. The molecule has 1 heterocycles. The van der Waals surface area contributed by atoms with Crippen LogP contribution in [0.2, 0.25) is 29.7 Å². The zero-order valence-corrected chi connectivity index (χ0v) is 19.8. The molecule has 0 spiro atoms. The molecule has 0 aliphatic heterocycles. The maximum absolute atomic E-state index is 10.8. The summed E-state index contributed by atoms with van der Waals surface area (Å²) in [5, 5.41) is 11.5. The van der Waals surface area contributed by atoms with Crippen LogP contribution >= 0.6 is 39.1 Å². The molecule has 0 fully saturated rings. The Balaban J connectivity index is 2.44. The van der Waals surface area contributed by atoms with E-state index in [0.717, 1.165) is 0 Å². The molecule has 0 saturated carbocycles. The third-order valence-corrected chi connectivity index (χ3v) is 6.24. The van der Waals surface area contributed by atoms with Gasteiger partial charge >= 0.3 is 0 Å². The Kier molecular flexibility index (Phi) is 7.83. The van der Waals surface area contributed by atoms with Gasteiger partial charge in [0.05, 0.1) is 14.9 Å². The minimum absolute atomic E-state index is 0.117. The van der Waals surface area contributed by atoms with Gasteiger partial charge in [-0.2, -0.15) is 0 Å². The van der Waals surface area contributed by atoms with Crippen LogP contribution in [0.1, 0.15) is 17.0 Å². The fourth-order valence-corrected chi connectivity index (χ4v) is 4.20. The van der Waals surface area contributed by atoms with E-state index in [0.29, 0.717) is 27.8 Å². The average Bonchev–Trinajstić information content (AvgIpc) is 2.85. The summed E-state index contributed by atoms with van der Waals surface area (Å²) in [4.78, 5) is -0.345. The first-order chi connectivity index (χ1) is 12.5. The van der Waals surface area contributed by atoms with Crippen molar-refractivity contribution in [2.24, 2.45) is 0 Å². The lowest BCUT2D eigenvalue weighted by atomic mass is 10.1. The first-order valence-electron chi connectivity index (χ1n) is 7.98. The van der Waals surface area contributed by atoms with Gasteiger partial charge in [-0.25, -0.2) is 8.93 Å². The molecule has 2 unspecified atom stereocenters. The van der Waals surface area contributed by atoms with Gasteiger partial charge in [0.15, 0.2) is 17.3 Å². The van der Waals surface area contributed by atoms with Crippen LogP contribution in [-0.2, 0) is 11.3 Å². The number of hydrogen-bond donors (Lipinski definition) is 3. The first kappa shape index (κ1) is 22.7. The molecule has 150 valence electrons. The minimum atomic E-state index is -2.10. The number of halogens is 3. The predicted octanol–water partition coefficient (Wildman–Crippen LogP) is 5.73. The molecule has 0 bridgehead atoms. The molecule has 6 nitrogen and oxygen atoms in total. The molecular weight excluding hydrogens is 497 g/mol. The number of nitrogens with one attached hydrogen (secondary N) is 1. The van der Waals surface area contributed by atoms with Gasteiger partial charge in [-0.1, -0.05) is 39.1 Å². The molecule has 3 N–H and O–H groups in total. The van der Waals surface area contributed by atoms with Crippen LogP contribution in [-0.4, -0.2) is 28.7 Å². The molecule has 11 heteroatoms. The summed E-state index contributed by atoms with van der Waals surface area (Å²) in [5.41, 5.74) is 0.558. The van der Waals surface area contributed by atoms with Crippen LogP contribution in [0.4, 0.5) is 0 Å². The smallest absolute Gasteiger partial charge is 0.242 e. The summed E-state index contributed by atoms with van der Waals surface area (Å²) in [5.74, 6) is 0.776. The molecule has 1 aromatic heterocycles. The highest BCUT2D eigenvalue weighted by atomic mass is 79.9. The fraction of sp³-hybridized carbons (Fsp3) is 0.375. The van der Waals surface area contributed by atoms with Crippen molar-refractivity contribution in [2.45, 2.75) is 30.9 Å². The Morgan fingerprint density at radius 3 is 2.56 bits per heavy atom. The molecule has 2 rings (SSSR count). The van der Waals surface area contributed by atoms with E-state index in [9.17, 15) is 9.32 Å². The average molecular weight is 517 g/mol. The lowest BCUT2D eigenvalue weighted by Crippen LogP contribution is -2.29. The molecule has 0 aliphatic rings. The number of aromatic hydroxyl groups is 1. The van der Waals surface area contributed by atoms with Crippen LogP contribution in [0.3, 0.4) is 0 Å². The van der Waals surface area contributed by atoms with E-state index in [2.05, 4.69) is 20.7 Å². The maximum Gasteiger partial charge on any atom is 0.242 e. The second-order valence-electron chi connectivity index (χ2n) is 6.72. The van der Waals surface area contributed by atoms with Crippen molar-refractivity contribution in [1.29, 1.82) is 0 Å².